The molecular weight excluding hydrogens is 296 g/mol. The van der Waals surface area contributed by atoms with Crippen LogP contribution in [0.25, 0.3) is 0 Å². The van der Waals surface area contributed by atoms with Gasteiger partial charge in [-0.05, 0) is 31.2 Å². The van der Waals surface area contributed by atoms with Gasteiger partial charge in [-0.3, -0.25) is 4.79 Å². The molecule has 0 amide bonds. The summed E-state index contributed by atoms with van der Waals surface area (Å²) in [5, 5.41) is 8.72. The van der Waals surface area contributed by atoms with E-state index in [1.165, 1.54) is 43.3 Å². The van der Waals surface area contributed by atoms with Gasteiger partial charge in [0.25, 0.3) is 0 Å². The highest BCUT2D eigenvalue weighted by atomic mass is 32.2. The number of rotatable bonds is 5. The Morgan fingerprint density at radius 2 is 1.71 bits per heavy atom. The fourth-order valence-corrected chi connectivity index (χ4v) is 2.99. The van der Waals surface area contributed by atoms with Crippen LogP contribution in [0.4, 0.5) is 0 Å². The highest BCUT2D eigenvalue weighted by Crippen LogP contribution is 2.19. The first-order valence-corrected chi connectivity index (χ1v) is 7.60. The summed E-state index contributed by atoms with van der Waals surface area (Å²) in [4.78, 5) is 21.9. The van der Waals surface area contributed by atoms with Gasteiger partial charge in [-0.2, -0.15) is 0 Å². The molecule has 1 aromatic heterocycles. The number of benzene rings is 1. The van der Waals surface area contributed by atoms with Crippen LogP contribution in [0.5, 0.6) is 0 Å². The molecule has 110 valence electrons. The second-order valence-corrected chi connectivity index (χ2v) is 6.40. The van der Waals surface area contributed by atoms with Crippen LogP contribution in [0.2, 0.25) is 0 Å². The minimum atomic E-state index is -3.67. The Labute approximate surface area is 120 Å². The molecule has 0 aliphatic carbocycles. The first-order valence-electron chi connectivity index (χ1n) is 5.95. The molecule has 0 spiro atoms. The van der Waals surface area contributed by atoms with Crippen molar-refractivity contribution < 1.29 is 27.5 Å². The standard InChI is InChI=1S/C14H12O6S/c1-9(15)10-2-5-12(6-3-10)21(18,19)8-11-4-7-13(20-11)14(16)17/h2-7H,8H2,1H3,(H,16,17). The number of aromatic carboxylic acids is 1. The summed E-state index contributed by atoms with van der Waals surface area (Å²) >= 11 is 0. The van der Waals surface area contributed by atoms with Gasteiger partial charge in [-0.15, -0.1) is 0 Å². The zero-order valence-electron chi connectivity index (χ0n) is 11.1. The van der Waals surface area contributed by atoms with E-state index in [4.69, 9.17) is 9.52 Å². The molecule has 6 nitrogen and oxygen atoms in total. The van der Waals surface area contributed by atoms with Crippen LogP contribution < -0.4 is 0 Å². The summed E-state index contributed by atoms with van der Waals surface area (Å²) in [6.07, 6.45) is 0. The van der Waals surface area contributed by atoms with Gasteiger partial charge in [0.15, 0.2) is 15.6 Å². The lowest BCUT2D eigenvalue weighted by Crippen LogP contribution is -2.05. The van der Waals surface area contributed by atoms with Crippen LogP contribution >= 0.6 is 0 Å². The van der Waals surface area contributed by atoms with E-state index in [9.17, 15) is 18.0 Å². The third-order valence-corrected chi connectivity index (χ3v) is 4.48. The quantitative estimate of drug-likeness (QED) is 0.849. The van der Waals surface area contributed by atoms with Crippen LogP contribution in [0.3, 0.4) is 0 Å². The lowest BCUT2D eigenvalue weighted by molar-refractivity contribution is 0.0660. The molecule has 2 rings (SSSR count). The fraction of sp³-hybridized carbons (Fsp3) is 0.143. The molecule has 1 N–H and O–H groups in total. The number of furan rings is 1. The molecule has 1 heterocycles. The lowest BCUT2D eigenvalue weighted by atomic mass is 10.2. The van der Waals surface area contributed by atoms with Crippen LogP contribution in [-0.2, 0) is 15.6 Å². The Balaban J connectivity index is 2.24. The van der Waals surface area contributed by atoms with Crippen molar-refractivity contribution in [3.05, 3.63) is 53.5 Å². The molecule has 0 saturated heterocycles. The van der Waals surface area contributed by atoms with Gasteiger partial charge >= 0.3 is 5.97 Å². The van der Waals surface area contributed by atoms with E-state index in [0.29, 0.717) is 5.56 Å². The van der Waals surface area contributed by atoms with E-state index in [0.717, 1.165) is 0 Å². The second kappa shape index (κ2) is 5.53. The predicted octanol–water partition coefficient (Wildman–Crippen LogP) is 2.15. The number of ketones is 1. The number of Topliss-reactive ketones (excluding diaryl/α,β-unsaturated/α-hetero) is 1. The molecule has 21 heavy (non-hydrogen) atoms. The monoisotopic (exact) mass is 308 g/mol. The molecule has 0 saturated carbocycles. The van der Waals surface area contributed by atoms with Crippen molar-refractivity contribution in [2.24, 2.45) is 0 Å². The largest absolute Gasteiger partial charge is 0.475 e. The van der Waals surface area contributed by atoms with Crippen LogP contribution in [0, 0.1) is 0 Å². The first kappa shape index (κ1) is 15.0. The zero-order valence-corrected chi connectivity index (χ0v) is 11.9. The summed E-state index contributed by atoms with van der Waals surface area (Å²) < 4.78 is 29.3. The normalized spacial score (nSPS) is 11.3. The molecule has 0 aliphatic rings. The number of carboxylic acids is 1. The van der Waals surface area contributed by atoms with Gasteiger partial charge in [0.2, 0.25) is 5.76 Å². The third kappa shape index (κ3) is 3.38. The van der Waals surface area contributed by atoms with Crippen molar-refractivity contribution in [3.63, 3.8) is 0 Å². The van der Waals surface area contributed by atoms with Gasteiger partial charge in [0, 0.05) is 5.56 Å². The zero-order chi connectivity index (χ0) is 15.6. The third-order valence-electron chi connectivity index (χ3n) is 2.82. The van der Waals surface area contributed by atoms with Crippen molar-refractivity contribution in [3.8, 4) is 0 Å². The second-order valence-electron chi connectivity index (χ2n) is 4.41. The summed E-state index contributed by atoms with van der Waals surface area (Å²) in [6.45, 7) is 1.39. The summed E-state index contributed by atoms with van der Waals surface area (Å²) in [5.41, 5.74) is 0.417. The fourth-order valence-electron chi connectivity index (χ4n) is 1.74. The molecule has 0 bridgehead atoms. The Hall–Kier alpha value is -2.41. The van der Waals surface area contributed by atoms with Crippen LogP contribution in [0.15, 0.2) is 45.7 Å². The Morgan fingerprint density at radius 1 is 1.10 bits per heavy atom. The van der Waals surface area contributed by atoms with E-state index in [-0.39, 0.29) is 22.2 Å². The molecule has 0 unspecified atom stereocenters. The number of carbonyl (C=O) groups excluding carboxylic acids is 1. The van der Waals surface area contributed by atoms with Crippen molar-refractivity contribution in [2.45, 2.75) is 17.6 Å². The van der Waals surface area contributed by atoms with Gasteiger partial charge in [0.1, 0.15) is 11.5 Å². The van der Waals surface area contributed by atoms with E-state index in [1.807, 2.05) is 0 Å². The van der Waals surface area contributed by atoms with Crippen LogP contribution in [-0.4, -0.2) is 25.3 Å². The van der Waals surface area contributed by atoms with E-state index >= 15 is 0 Å². The minimum Gasteiger partial charge on any atom is -0.475 e. The van der Waals surface area contributed by atoms with Crippen LogP contribution in [0.1, 0.15) is 33.6 Å². The predicted molar refractivity (Wildman–Crippen MR) is 73.0 cm³/mol. The number of hydrogen-bond acceptors (Lipinski definition) is 5. The van der Waals surface area contributed by atoms with Crippen molar-refractivity contribution in [1.29, 1.82) is 0 Å². The summed E-state index contributed by atoms with van der Waals surface area (Å²) in [5.74, 6) is -2.13. The highest BCUT2D eigenvalue weighted by Gasteiger charge is 2.19. The average Bonchev–Trinajstić information content (AvgIpc) is 2.87. The van der Waals surface area contributed by atoms with Crippen molar-refractivity contribution in [2.75, 3.05) is 0 Å². The summed E-state index contributed by atoms with van der Waals surface area (Å²) in [6, 6.07) is 8.05. The Bertz CT molecular complexity index is 783. The highest BCUT2D eigenvalue weighted by molar-refractivity contribution is 7.90. The van der Waals surface area contributed by atoms with Crippen molar-refractivity contribution in [1.82, 2.24) is 0 Å². The smallest absolute Gasteiger partial charge is 0.371 e. The minimum absolute atomic E-state index is 0.0424. The lowest BCUT2D eigenvalue weighted by Gasteiger charge is -2.03. The molecule has 0 radical (unpaired) electrons. The van der Waals surface area contributed by atoms with Gasteiger partial charge in [-0.25, -0.2) is 13.2 Å². The van der Waals surface area contributed by atoms with E-state index in [1.54, 1.807) is 0 Å². The topological polar surface area (TPSA) is 102 Å². The summed E-state index contributed by atoms with van der Waals surface area (Å²) in [7, 11) is -3.67. The molecule has 0 fully saturated rings. The molecule has 1 aromatic carbocycles. The Kier molecular flexibility index (Phi) is 3.95. The number of sulfone groups is 1. The molecule has 2 aromatic rings. The maximum absolute atomic E-state index is 12.2. The molecule has 0 atom stereocenters. The molecule has 7 heteroatoms. The first-order chi connectivity index (χ1) is 9.79. The SMILES string of the molecule is CC(=O)c1ccc(S(=O)(=O)Cc2ccc(C(=O)O)o2)cc1. The average molecular weight is 308 g/mol. The van der Waals surface area contributed by atoms with Gasteiger partial charge in [-0.1, -0.05) is 12.1 Å². The number of carbonyl (C=O) groups is 2. The maximum Gasteiger partial charge on any atom is 0.371 e. The molecule has 0 aliphatic heterocycles. The Morgan fingerprint density at radius 3 is 2.19 bits per heavy atom. The van der Waals surface area contributed by atoms with E-state index < -0.39 is 21.6 Å². The van der Waals surface area contributed by atoms with Gasteiger partial charge in [0.05, 0.1) is 4.90 Å². The molecular formula is C14H12O6S. The van der Waals surface area contributed by atoms with Gasteiger partial charge < -0.3 is 9.52 Å². The number of hydrogen-bond donors (Lipinski definition) is 1. The number of carboxylic acid groups (broad SMARTS) is 1. The van der Waals surface area contributed by atoms with E-state index in [2.05, 4.69) is 0 Å². The van der Waals surface area contributed by atoms with Crippen molar-refractivity contribution >= 4 is 21.6 Å². The maximum atomic E-state index is 12.2.